The summed E-state index contributed by atoms with van der Waals surface area (Å²) in [4.78, 5) is 25.1. The summed E-state index contributed by atoms with van der Waals surface area (Å²) in [5.41, 5.74) is -0.446. The van der Waals surface area contributed by atoms with Crippen molar-refractivity contribution >= 4 is 22.7 Å². The van der Waals surface area contributed by atoms with E-state index in [-0.39, 0.29) is 22.6 Å². The van der Waals surface area contributed by atoms with Crippen molar-refractivity contribution in [2.45, 2.75) is 0 Å². The average molecular weight is 464 g/mol. The van der Waals surface area contributed by atoms with E-state index < -0.39 is 46.4 Å². The third-order valence-electron chi connectivity index (χ3n) is 4.86. The molecule has 0 aliphatic heterocycles. The van der Waals surface area contributed by atoms with Crippen molar-refractivity contribution < 1.29 is 49.7 Å². The molecule has 0 fully saturated rings. The number of phenols is 6. The SMILES string of the molecule is O=C(Oc1cccc2c(OC(=O)c3cc(O)c(O)c(O)c3)cccc12)c1cc(O)c(O)c(O)c1. The molecule has 10 nitrogen and oxygen atoms in total. The van der Waals surface area contributed by atoms with Crippen LogP contribution in [0.2, 0.25) is 0 Å². The number of carbonyl (C=O) groups is 2. The highest BCUT2D eigenvalue weighted by Gasteiger charge is 2.19. The highest BCUT2D eigenvalue weighted by Crippen LogP contribution is 2.38. The fourth-order valence-corrected chi connectivity index (χ4v) is 3.19. The van der Waals surface area contributed by atoms with Gasteiger partial charge in [-0.15, -0.1) is 0 Å². The quantitative estimate of drug-likeness (QED) is 0.149. The minimum absolute atomic E-state index is 0.0763. The molecule has 0 aliphatic carbocycles. The number of rotatable bonds is 4. The van der Waals surface area contributed by atoms with E-state index in [9.17, 15) is 40.2 Å². The molecule has 0 radical (unpaired) electrons. The van der Waals surface area contributed by atoms with Crippen LogP contribution in [0.15, 0.2) is 60.7 Å². The van der Waals surface area contributed by atoms with Gasteiger partial charge in [-0.2, -0.15) is 0 Å². The molecular formula is C24H16O10. The largest absolute Gasteiger partial charge is 0.504 e. The Morgan fingerprint density at radius 3 is 1.18 bits per heavy atom. The number of fused-ring (bicyclic) bond motifs is 1. The topological polar surface area (TPSA) is 174 Å². The summed E-state index contributed by atoms with van der Waals surface area (Å²) in [6.07, 6.45) is 0. The second-order valence-corrected chi connectivity index (χ2v) is 7.11. The van der Waals surface area contributed by atoms with Gasteiger partial charge in [0.05, 0.1) is 11.1 Å². The molecular weight excluding hydrogens is 448 g/mol. The summed E-state index contributed by atoms with van der Waals surface area (Å²) in [5, 5.41) is 58.1. The smallest absolute Gasteiger partial charge is 0.343 e. The van der Waals surface area contributed by atoms with Gasteiger partial charge in [0.25, 0.3) is 0 Å². The van der Waals surface area contributed by atoms with Crippen molar-refractivity contribution in [1.82, 2.24) is 0 Å². The molecule has 6 N–H and O–H groups in total. The van der Waals surface area contributed by atoms with E-state index in [0.717, 1.165) is 24.3 Å². The predicted octanol–water partition coefficient (Wildman–Crippen LogP) is 3.51. The number of phenolic OH excluding ortho intramolecular Hbond substituents is 6. The molecule has 0 saturated carbocycles. The summed E-state index contributed by atoms with van der Waals surface area (Å²) in [6, 6.07) is 12.9. The van der Waals surface area contributed by atoms with E-state index in [1.807, 2.05) is 0 Å². The second-order valence-electron chi connectivity index (χ2n) is 7.11. The molecule has 0 spiro atoms. The lowest BCUT2D eigenvalue weighted by molar-refractivity contribution is 0.0724. The Morgan fingerprint density at radius 1 is 0.529 bits per heavy atom. The van der Waals surface area contributed by atoms with E-state index in [1.54, 1.807) is 12.1 Å². The van der Waals surface area contributed by atoms with E-state index >= 15 is 0 Å². The van der Waals surface area contributed by atoms with Crippen LogP contribution in [-0.2, 0) is 0 Å². The normalized spacial score (nSPS) is 10.7. The van der Waals surface area contributed by atoms with Gasteiger partial charge in [0.15, 0.2) is 34.5 Å². The van der Waals surface area contributed by atoms with Gasteiger partial charge < -0.3 is 40.1 Å². The highest BCUT2D eigenvalue weighted by atomic mass is 16.5. The van der Waals surface area contributed by atoms with Gasteiger partial charge in [-0.1, -0.05) is 24.3 Å². The lowest BCUT2D eigenvalue weighted by atomic mass is 10.1. The minimum Gasteiger partial charge on any atom is -0.504 e. The van der Waals surface area contributed by atoms with Crippen molar-refractivity contribution in [1.29, 1.82) is 0 Å². The molecule has 34 heavy (non-hydrogen) atoms. The first kappa shape index (κ1) is 22.1. The Bertz CT molecular complexity index is 1300. The number of hydrogen-bond acceptors (Lipinski definition) is 10. The Kier molecular flexibility index (Phi) is 5.48. The molecule has 0 amide bonds. The Labute approximate surface area is 190 Å². The van der Waals surface area contributed by atoms with Crippen LogP contribution < -0.4 is 9.47 Å². The van der Waals surface area contributed by atoms with E-state index in [0.29, 0.717) is 10.8 Å². The Morgan fingerprint density at radius 2 is 0.853 bits per heavy atom. The molecule has 0 aromatic heterocycles. The predicted molar refractivity (Wildman–Crippen MR) is 117 cm³/mol. The van der Waals surface area contributed by atoms with Crippen molar-refractivity contribution in [2.75, 3.05) is 0 Å². The first-order chi connectivity index (χ1) is 16.2. The fraction of sp³-hybridized carbons (Fsp3) is 0. The highest BCUT2D eigenvalue weighted by molar-refractivity contribution is 6.00. The molecule has 172 valence electrons. The summed E-state index contributed by atoms with van der Waals surface area (Å²) in [6.45, 7) is 0. The molecule has 4 rings (SSSR count). The first-order valence-electron chi connectivity index (χ1n) is 9.61. The molecule has 0 bridgehead atoms. The zero-order valence-corrected chi connectivity index (χ0v) is 17.1. The monoisotopic (exact) mass is 464 g/mol. The van der Waals surface area contributed by atoms with Crippen molar-refractivity contribution in [3.05, 3.63) is 71.8 Å². The molecule has 0 unspecified atom stereocenters. The van der Waals surface area contributed by atoms with Gasteiger partial charge in [-0.3, -0.25) is 0 Å². The third-order valence-corrected chi connectivity index (χ3v) is 4.86. The van der Waals surface area contributed by atoms with Crippen molar-refractivity contribution in [2.24, 2.45) is 0 Å². The summed E-state index contributed by atoms with van der Waals surface area (Å²) >= 11 is 0. The standard InChI is InChI=1S/C24H16O10/c25-15-7-11(8-16(26)21(15)29)23(31)33-19-5-1-3-13-14(19)4-2-6-20(13)34-24(32)12-9-17(27)22(30)18(28)10-12/h1-10,25-30H. The van der Waals surface area contributed by atoms with Gasteiger partial charge in [-0.25, -0.2) is 9.59 Å². The van der Waals surface area contributed by atoms with Crippen molar-refractivity contribution in [3.8, 4) is 46.0 Å². The molecule has 4 aromatic rings. The zero-order valence-electron chi connectivity index (χ0n) is 17.1. The Hall–Kier alpha value is -5.12. The van der Waals surface area contributed by atoms with Crippen LogP contribution in [0.4, 0.5) is 0 Å². The van der Waals surface area contributed by atoms with Crippen molar-refractivity contribution in [3.63, 3.8) is 0 Å². The van der Waals surface area contributed by atoms with E-state index in [4.69, 9.17) is 9.47 Å². The number of carbonyl (C=O) groups excluding carboxylic acids is 2. The number of benzene rings is 4. The number of esters is 2. The zero-order chi connectivity index (χ0) is 24.6. The molecule has 4 aromatic carbocycles. The molecule has 0 atom stereocenters. The van der Waals surface area contributed by atoms with Crippen LogP contribution in [0.1, 0.15) is 20.7 Å². The van der Waals surface area contributed by atoms with E-state index in [1.165, 1.54) is 24.3 Å². The van der Waals surface area contributed by atoms with Crippen LogP contribution in [0.25, 0.3) is 10.8 Å². The maximum Gasteiger partial charge on any atom is 0.343 e. The van der Waals surface area contributed by atoms with Gasteiger partial charge in [0.2, 0.25) is 0 Å². The number of ether oxygens (including phenoxy) is 2. The third kappa shape index (κ3) is 4.02. The van der Waals surface area contributed by atoms with Gasteiger partial charge in [0, 0.05) is 10.8 Å². The maximum absolute atomic E-state index is 12.5. The fourth-order valence-electron chi connectivity index (χ4n) is 3.19. The van der Waals surface area contributed by atoms with Crippen LogP contribution in [0, 0.1) is 0 Å². The average Bonchev–Trinajstić information content (AvgIpc) is 2.80. The number of hydrogen-bond donors (Lipinski definition) is 6. The lowest BCUT2D eigenvalue weighted by Crippen LogP contribution is -2.10. The molecule has 10 heteroatoms. The lowest BCUT2D eigenvalue weighted by Gasteiger charge is -2.12. The molecule has 0 aliphatic rings. The second kappa shape index (κ2) is 8.43. The summed E-state index contributed by atoms with van der Waals surface area (Å²) < 4.78 is 10.8. The van der Waals surface area contributed by atoms with Gasteiger partial charge >= 0.3 is 11.9 Å². The summed E-state index contributed by atoms with van der Waals surface area (Å²) in [5.74, 6) is -6.08. The van der Waals surface area contributed by atoms with Gasteiger partial charge in [0.1, 0.15) is 11.5 Å². The van der Waals surface area contributed by atoms with Gasteiger partial charge in [-0.05, 0) is 36.4 Å². The molecule has 0 saturated heterocycles. The maximum atomic E-state index is 12.5. The number of aromatic hydroxyl groups is 6. The summed E-state index contributed by atoms with van der Waals surface area (Å²) in [7, 11) is 0. The Balaban J connectivity index is 1.65. The van der Waals surface area contributed by atoms with Crippen LogP contribution in [0.5, 0.6) is 46.0 Å². The first-order valence-corrected chi connectivity index (χ1v) is 9.61. The van der Waals surface area contributed by atoms with E-state index in [2.05, 4.69) is 0 Å². The molecule has 0 heterocycles. The van der Waals surface area contributed by atoms with Crippen LogP contribution in [0.3, 0.4) is 0 Å². The van der Waals surface area contributed by atoms with Crippen LogP contribution >= 0.6 is 0 Å². The van der Waals surface area contributed by atoms with Crippen LogP contribution in [-0.4, -0.2) is 42.6 Å². The minimum atomic E-state index is -0.935.